The van der Waals surface area contributed by atoms with Crippen molar-refractivity contribution in [1.82, 2.24) is 9.66 Å². The minimum atomic E-state index is -0.556. The molecule has 0 radical (unpaired) electrons. The van der Waals surface area contributed by atoms with Crippen LogP contribution in [0, 0.1) is 17.0 Å². The molecule has 0 bridgehead atoms. The first-order valence-corrected chi connectivity index (χ1v) is 8.26. The molecule has 0 saturated carbocycles. The van der Waals surface area contributed by atoms with Gasteiger partial charge in [0, 0.05) is 0 Å². The monoisotopic (exact) mass is 374 g/mol. The van der Waals surface area contributed by atoms with Crippen molar-refractivity contribution in [3.05, 3.63) is 55.4 Å². The topological polar surface area (TPSA) is 109 Å². The summed E-state index contributed by atoms with van der Waals surface area (Å²) < 4.78 is 11.4. The molecule has 0 N–H and O–H groups in total. The first-order valence-electron chi connectivity index (χ1n) is 7.38. The van der Waals surface area contributed by atoms with Gasteiger partial charge in [-0.1, -0.05) is 0 Å². The lowest BCUT2D eigenvalue weighted by Crippen LogP contribution is -2.19. The normalized spacial score (nSPS) is 11.2. The van der Waals surface area contributed by atoms with Crippen LogP contribution >= 0.6 is 11.3 Å². The van der Waals surface area contributed by atoms with E-state index >= 15 is 0 Å². The predicted molar refractivity (Wildman–Crippen MR) is 97.8 cm³/mol. The molecule has 1 aromatic carbocycles. The minimum Gasteiger partial charge on any atom is -0.493 e. The third-order valence-corrected chi connectivity index (χ3v) is 4.49. The Bertz CT molecular complexity index is 1090. The van der Waals surface area contributed by atoms with Gasteiger partial charge in [-0.3, -0.25) is 14.9 Å². The van der Waals surface area contributed by atoms with Crippen LogP contribution in [0.1, 0.15) is 11.4 Å². The third kappa shape index (κ3) is 3.02. The van der Waals surface area contributed by atoms with E-state index in [0.29, 0.717) is 21.8 Å². The second-order valence-electron chi connectivity index (χ2n) is 5.18. The van der Waals surface area contributed by atoms with Crippen molar-refractivity contribution >= 4 is 33.5 Å². The van der Waals surface area contributed by atoms with Gasteiger partial charge in [0.25, 0.3) is 11.2 Å². The van der Waals surface area contributed by atoms with E-state index in [0.717, 1.165) is 4.68 Å². The lowest BCUT2D eigenvalue weighted by molar-refractivity contribution is -0.385. The van der Waals surface area contributed by atoms with Gasteiger partial charge >= 0.3 is 0 Å². The van der Waals surface area contributed by atoms with Crippen LogP contribution in [-0.2, 0) is 0 Å². The van der Waals surface area contributed by atoms with Gasteiger partial charge in [0.1, 0.15) is 10.7 Å². The molecule has 0 unspecified atom stereocenters. The van der Waals surface area contributed by atoms with E-state index in [2.05, 4.69) is 10.1 Å². The van der Waals surface area contributed by atoms with Gasteiger partial charge in [0.05, 0.1) is 42.4 Å². The summed E-state index contributed by atoms with van der Waals surface area (Å²) >= 11 is 1.36. The summed E-state index contributed by atoms with van der Waals surface area (Å²) in [7, 11) is 2.81. The zero-order valence-electron chi connectivity index (χ0n) is 14.1. The van der Waals surface area contributed by atoms with E-state index in [9.17, 15) is 14.9 Å². The molecule has 0 saturated heterocycles. The average molecular weight is 374 g/mol. The van der Waals surface area contributed by atoms with Crippen molar-refractivity contribution in [3.63, 3.8) is 0 Å². The SMILES string of the molecule is COc1cc(C=Nn2c(C)nc3sccc3c2=O)c([N+](=O)[O-])cc1OC. The van der Waals surface area contributed by atoms with Crippen LogP contribution in [0.25, 0.3) is 10.2 Å². The molecular formula is C16H14N4O5S. The number of hydrogen-bond donors (Lipinski definition) is 0. The van der Waals surface area contributed by atoms with E-state index in [-0.39, 0.29) is 22.6 Å². The molecule has 3 rings (SSSR count). The number of ether oxygens (including phenoxy) is 2. The molecule has 0 aliphatic rings. The molecule has 0 atom stereocenters. The second-order valence-corrected chi connectivity index (χ2v) is 6.08. The van der Waals surface area contributed by atoms with E-state index < -0.39 is 4.92 Å². The Morgan fingerprint density at radius 1 is 1.31 bits per heavy atom. The molecule has 2 aromatic heterocycles. The number of aromatic nitrogens is 2. The van der Waals surface area contributed by atoms with Gasteiger partial charge in [-0.05, 0) is 24.4 Å². The third-order valence-electron chi connectivity index (χ3n) is 3.68. The summed E-state index contributed by atoms with van der Waals surface area (Å²) in [6.45, 7) is 1.64. The maximum Gasteiger partial charge on any atom is 0.282 e. The van der Waals surface area contributed by atoms with Crippen molar-refractivity contribution in [2.24, 2.45) is 5.10 Å². The maximum absolute atomic E-state index is 12.5. The number of methoxy groups -OCH3 is 2. The van der Waals surface area contributed by atoms with Crippen LogP contribution < -0.4 is 15.0 Å². The van der Waals surface area contributed by atoms with Crippen molar-refractivity contribution in [1.29, 1.82) is 0 Å². The Morgan fingerprint density at radius 2 is 2.00 bits per heavy atom. The highest BCUT2D eigenvalue weighted by molar-refractivity contribution is 7.16. The molecular weight excluding hydrogens is 360 g/mol. The quantitative estimate of drug-likeness (QED) is 0.386. The first kappa shape index (κ1) is 17.5. The Kier molecular flexibility index (Phi) is 4.67. The lowest BCUT2D eigenvalue weighted by Gasteiger charge is -2.08. The molecule has 9 nitrogen and oxygen atoms in total. The van der Waals surface area contributed by atoms with Crippen LogP contribution in [-0.4, -0.2) is 35.0 Å². The summed E-state index contributed by atoms with van der Waals surface area (Å²) in [5.41, 5.74) is -0.390. The van der Waals surface area contributed by atoms with E-state index in [1.54, 1.807) is 18.4 Å². The zero-order chi connectivity index (χ0) is 18.8. The number of benzene rings is 1. The number of fused-ring (bicyclic) bond motifs is 1. The molecule has 0 spiro atoms. The molecule has 0 amide bonds. The second kappa shape index (κ2) is 6.92. The zero-order valence-corrected chi connectivity index (χ0v) is 14.9. The van der Waals surface area contributed by atoms with Gasteiger partial charge in [-0.15, -0.1) is 11.3 Å². The number of nitro groups is 1. The summed E-state index contributed by atoms with van der Waals surface area (Å²) in [5, 5.41) is 17.7. The first-order chi connectivity index (χ1) is 12.5. The molecule has 10 heteroatoms. The van der Waals surface area contributed by atoms with Crippen LogP contribution in [0.3, 0.4) is 0 Å². The van der Waals surface area contributed by atoms with Crippen LogP contribution in [0.15, 0.2) is 33.5 Å². The van der Waals surface area contributed by atoms with Gasteiger partial charge in [0.2, 0.25) is 0 Å². The highest BCUT2D eigenvalue weighted by atomic mass is 32.1. The molecule has 0 fully saturated rings. The lowest BCUT2D eigenvalue weighted by atomic mass is 10.1. The number of hydrogen-bond acceptors (Lipinski definition) is 8. The Balaban J connectivity index is 2.14. The number of thiophene rings is 1. The van der Waals surface area contributed by atoms with E-state index in [1.165, 1.54) is 43.9 Å². The summed E-state index contributed by atoms with van der Waals surface area (Å²) in [5.74, 6) is 0.922. The molecule has 3 aromatic rings. The standard InChI is InChI=1S/C16H14N4O5S/c1-9-18-15-11(4-5-26-15)16(21)19(9)17-8-10-6-13(24-2)14(25-3)7-12(10)20(22)23/h4-8H,1-3H3. The van der Waals surface area contributed by atoms with Crippen molar-refractivity contribution in [3.8, 4) is 11.5 Å². The molecule has 26 heavy (non-hydrogen) atoms. The average Bonchev–Trinajstić information content (AvgIpc) is 3.09. The van der Waals surface area contributed by atoms with Gasteiger partial charge in [0.15, 0.2) is 11.5 Å². The molecule has 0 aliphatic carbocycles. The van der Waals surface area contributed by atoms with Crippen molar-refractivity contribution < 1.29 is 14.4 Å². The number of aryl methyl sites for hydroxylation is 1. The van der Waals surface area contributed by atoms with E-state index in [1.807, 2.05) is 0 Å². The smallest absolute Gasteiger partial charge is 0.282 e. The van der Waals surface area contributed by atoms with Crippen LogP contribution in [0.4, 0.5) is 5.69 Å². The number of rotatable bonds is 5. The minimum absolute atomic E-state index is 0.171. The molecule has 2 heterocycles. The van der Waals surface area contributed by atoms with Crippen molar-refractivity contribution in [2.75, 3.05) is 14.2 Å². The van der Waals surface area contributed by atoms with Crippen molar-refractivity contribution in [2.45, 2.75) is 6.92 Å². The number of nitrogens with zero attached hydrogens (tertiary/aromatic N) is 4. The highest BCUT2D eigenvalue weighted by Crippen LogP contribution is 2.33. The molecule has 0 aliphatic heterocycles. The fourth-order valence-electron chi connectivity index (χ4n) is 2.41. The molecule has 134 valence electrons. The summed E-state index contributed by atoms with van der Waals surface area (Å²) in [6.07, 6.45) is 1.23. The highest BCUT2D eigenvalue weighted by Gasteiger charge is 2.18. The van der Waals surface area contributed by atoms with E-state index in [4.69, 9.17) is 9.47 Å². The van der Waals surface area contributed by atoms with Crippen LogP contribution in [0.2, 0.25) is 0 Å². The fourth-order valence-corrected chi connectivity index (χ4v) is 3.21. The Hall–Kier alpha value is -3.27. The van der Waals surface area contributed by atoms with Crippen LogP contribution in [0.5, 0.6) is 11.5 Å². The largest absolute Gasteiger partial charge is 0.493 e. The summed E-state index contributed by atoms with van der Waals surface area (Å²) in [4.78, 5) is 28.2. The predicted octanol–water partition coefficient (Wildman–Crippen LogP) is 2.57. The Morgan fingerprint density at radius 3 is 2.65 bits per heavy atom. The Labute approximate surface area is 151 Å². The summed E-state index contributed by atoms with van der Waals surface area (Å²) in [6, 6.07) is 4.34. The maximum atomic E-state index is 12.5. The number of nitro benzene ring substituents is 1. The van der Waals surface area contributed by atoms with Gasteiger partial charge < -0.3 is 9.47 Å². The van der Waals surface area contributed by atoms with Gasteiger partial charge in [-0.25, -0.2) is 4.98 Å². The fraction of sp³-hybridized carbons (Fsp3) is 0.188. The van der Waals surface area contributed by atoms with Gasteiger partial charge in [-0.2, -0.15) is 9.78 Å².